The third-order valence-corrected chi connectivity index (χ3v) is 5.51. The van der Waals surface area contributed by atoms with Crippen molar-refractivity contribution in [3.63, 3.8) is 0 Å². The van der Waals surface area contributed by atoms with Gasteiger partial charge in [-0.05, 0) is 67.0 Å². The first-order valence-electron chi connectivity index (χ1n) is 13.2. The quantitative estimate of drug-likeness (QED) is 0.150. The number of benzene rings is 2. The second kappa shape index (κ2) is 22.2. The second-order valence-electron chi connectivity index (χ2n) is 8.28. The maximum absolute atomic E-state index is 12.0. The third kappa shape index (κ3) is 13.4. The van der Waals surface area contributed by atoms with Crippen LogP contribution in [0.1, 0.15) is 53.0 Å². The number of hydroxylamine groups is 4. The van der Waals surface area contributed by atoms with Crippen molar-refractivity contribution in [3.05, 3.63) is 138 Å². The Kier molecular flexibility index (Phi) is 19.9. The zero-order chi connectivity index (χ0) is 31.3. The van der Waals surface area contributed by atoms with Gasteiger partial charge in [0.25, 0.3) is 11.8 Å². The molecule has 0 fully saturated rings. The summed E-state index contributed by atoms with van der Waals surface area (Å²) < 4.78 is 0. The smallest absolute Gasteiger partial charge is 0.296 e. The van der Waals surface area contributed by atoms with Crippen LogP contribution in [0.2, 0.25) is 0 Å². The summed E-state index contributed by atoms with van der Waals surface area (Å²) in [6.07, 6.45) is 5.55. The summed E-state index contributed by atoms with van der Waals surface area (Å²) in [5.74, 6) is -1.02. The number of hydrogen-bond donors (Lipinski definition) is 4. The maximum Gasteiger partial charge on any atom is 0.296 e. The highest BCUT2D eigenvalue weighted by molar-refractivity contribution is 5.92. The molecule has 2 aromatic carbocycles. The predicted molar refractivity (Wildman–Crippen MR) is 176 cm³/mol. The van der Waals surface area contributed by atoms with Crippen LogP contribution in [0, 0.1) is 0 Å². The van der Waals surface area contributed by atoms with E-state index < -0.39 is 11.8 Å². The van der Waals surface area contributed by atoms with E-state index in [1.165, 1.54) is 20.3 Å². The molecule has 2 amide bonds. The lowest BCUT2D eigenvalue weighted by atomic mass is 10.1. The van der Waals surface area contributed by atoms with Gasteiger partial charge >= 0.3 is 0 Å². The van der Waals surface area contributed by atoms with Crippen molar-refractivity contribution in [2.45, 2.75) is 26.4 Å². The van der Waals surface area contributed by atoms with Crippen LogP contribution in [0.4, 0.5) is 0 Å². The van der Waals surface area contributed by atoms with Crippen molar-refractivity contribution in [1.29, 1.82) is 0 Å². The molecule has 2 heterocycles. The maximum atomic E-state index is 12.0. The molecule has 0 radical (unpaired) electrons. The molecule has 6 N–H and O–H groups in total. The van der Waals surface area contributed by atoms with Crippen LogP contribution in [-0.4, -0.2) is 56.4 Å². The molecule has 0 saturated carbocycles. The zero-order valence-electron chi connectivity index (χ0n) is 24.7. The Labute approximate surface area is 262 Å². The second-order valence-corrected chi connectivity index (χ2v) is 8.28. The molecule has 0 unspecified atom stereocenters. The highest BCUT2D eigenvalue weighted by Crippen LogP contribution is 2.10. The Balaban J connectivity index is -0.000000666. The molecule has 10 nitrogen and oxygen atoms in total. The van der Waals surface area contributed by atoms with Gasteiger partial charge in [0.05, 0.1) is 13.1 Å². The van der Waals surface area contributed by atoms with Crippen LogP contribution in [-0.2, 0) is 19.5 Å². The zero-order valence-corrected chi connectivity index (χ0v) is 25.5. The predicted octanol–water partition coefficient (Wildman–Crippen LogP) is 5.50. The number of rotatable bonds is 8. The third-order valence-electron chi connectivity index (χ3n) is 5.51. The van der Waals surface area contributed by atoms with Crippen molar-refractivity contribution in [2.24, 2.45) is 11.5 Å². The van der Waals surface area contributed by atoms with Crippen LogP contribution in [0.5, 0.6) is 0 Å². The van der Waals surface area contributed by atoms with E-state index in [4.69, 9.17) is 0 Å². The summed E-state index contributed by atoms with van der Waals surface area (Å²) >= 11 is 0. The monoisotopic (exact) mass is 612 g/mol. The lowest BCUT2D eigenvalue weighted by Gasteiger charge is -2.14. The van der Waals surface area contributed by atoms with Gasteiger partial charge in [0, 0.05) is 15.2 Å². The van der Waals surface area contributed by atoms with Gasteiger partial charge < -0.3 is 11.5 Å². The van der Waals surface area contributed by atoms with Gasteiger partial charge in [-0.1, -0.05) is 80.2 Å². The molecule has 11 heteroatoms. The van der Waals surface area contributed by atoms with Crippen LogP contribution >= 0.6 is 12.4 Å². The molecule has 4 rings (SSSR count). The average molecular weight is 613 g/mol. The Morgan fingerprint density at radius 1 is 0.744 bits per heavy atom. The number of amides is 2. The van der Waals surface area contributed by atoms with Crippen molar-refractivity contribution < 1.29 is 22.9 Å². The molecule has 0 saturated heterocycles. The number of carbonyl (C=O) groups excluding carboxylic acids is 2. The first-order chi connectivity index (χ1) is 20.4. The SMILES string of the molecule is C=Cc1ccnc(C(=O)N(O)Cc2ccccc2)c1.CCc1ccnc(C(=O)N(O)Cc2ccccc2)c1.CN.CN.Cl.[HH].[HH]. The molecule has 4 aromatic rings. The van der Waals surface area contributed by atoms with E-state index in [2.05, 4.69) is 28.0 Å². The number of nitrogens with zero attached hydrogens (tertiary/aromatic N) is 4. The van der Waals surface area contributed by atoms with E-state index >= 15 is 0 Å². The van der Waals surface area contributed by atoms with Crippen molar-refractivity contribution in [2.75, 3.05) is 14.1 Å². The summed E-state index contributed by atoms with van der Waals surface area (Å²) in [5, 5.41) is 21.0. The molecule has 234 valence electrons. The number of aryl methyl sites for hydroxylation is 1. The highest BCUT2D eigenvalue weighted by atomic mass is 35.5. The number of aromatic nitrogens is 2. The fourth-order valence-corrected chi connectivity index (χ4v) is 3.42. The average Bonchev–Trinajstić information content (AvgIpc) is 3.07. The Morgan fingerprint density at radius 2 is 1.16 bits per heavy atom. The topological polar surface area (TPSA) is 159 Å². The normalized spacial score (nSPS) is 9.19. The van der Waals surface area contributed by atoms with Gasteiger partial charge in [-0.25, -0.2) is 10.1 Å². The molecule has 0 aliphatic carbocycles. The molecule has 0 aliphatic heterocycles. The molecule has 0 spiro atoms. The molecule has 0 aliphatic rings. The first kappa shape index (κ1) is 38.5. The van der Waals surface area contributed by atoms with E-state index in [0.717, 1.165) is 28.7 Å². The molecular weight excluding hydrogens is 568 g/mol. The van der Waals surface area contributed by atoms with Crippen molar-refractivity contribution in [1.82, 2.24) is 20.1 Å². The fourth-order valence-electron chi connectivity index (χ4n) is 3.42. The minimum absolute atomic E-state index is 0. The largest absolute Gasteiger partial charge is 0.333 e. The van der Waals surface area contributed by atoms with Gasteiger partial charge in [0.15, 0.2) is 0 Å². The Hall–Kier alpha value is -4.45. The number of nitrogens with two attached hydrogens (primary N) is 2. The standard InChI is InChI=1S/C15H16N2O2.C15H14N2O2.2CH5N.ClH.2H2/c2*1-2-12-8-9-16-14(10-12)15(18)17(19)11-13-6-4-3-5-7-13;2*1-2;;;/h3-10,19H,2,11H2,1H3;2-10,19H,1,11H2;2*2H2,1H3;3*1H. The highest BCUT2D eigenvalue weighted by Gasteiger charge is 2.16. The van der Waals surface area contributed by atoms with Crippen molar-refractivity contribution in [3.8, 4) is 0 Å². The summed E-state index contributed by atoms with van der Waals surface area (Å²) in [6.45, 7) is 5.91. The number of pyridine rings is 2. The van der Waals surface area contributed by atoms with E-state index in [0.29, 0.717) is 10.1 Å². The molecular formula is C32H45ClN6O4. The Morgan fingerprint density at radius 3 is 1.58 bits per heavy atom. The lowest BCUT2D eigenvalue weighted by Crippen LogP contribution is -2.27. The minimum atomic E-state index is -0.535. The van der Waals surface area contributed by atoms with Gasteiger partial charge in [0.2, 0.25) is 0 Å². The van der Waals surface area contributed by atoms with Crippen LogP contribution in [0.25, 0.3) is 6.08 Å². The summed E-state index contributed by atoms with van der Waals surface area (Å²) in [5.41, 5.74) is 13.0. The molecule has 0 bridgehead atoms. The van der Waals surface area contributed by atoms with E-state index in [1.54, 1.807) is 30.5 Å². The van der Waals surface area contributed by atoms with Gasteiger partial charge in [-0.15, -0.1) is 12.4 Å². The number of hydrogen-bond acceptors (Lipinski definition) is 8. The van der Waals surface area contributed by atoms with Gasteiger partial charge in [-0.2, -0.15) is 0 Å². The van der Waals surface area contributed by atoms with E-state index in [1.807, 2.05) is 73.7 Å². The van der Waals surface area contributed by atoms with Gasteiger partial charge in [-0.3, -0.25) is 30.0 Å². The van der Waals surface area contributed by atoms with Crippen LogP contribution < -0.4 is 11.5 Å². The first-order valence-corrected chi connectivity index (χ1v) is 13.2. The van der Waals surface area contributed by atoms with Crippen LogP contribution in [0.15, 0.2) is 104 Å². The fraction of sp³-hybridized carbons (Fsp3) is 0.188. The van der Waals surface area contributed by atoms with E-state index in [-0.39, 0.29) is 39.7 Å². The summed E-state index contributed by atoms with van der Waals surface area (Å²) in [4.78, 5) is 32.0. The number of halogens is 1. The summed E-state index contributed by atoms with van der Waals surface area (Å²) in [7, 11) is 3.00. The molecule has 43 heavy (non-hydrogen) atoms. The molecule has 0 atom stereocenters. The lowest BCUT2D eigenvalue weighted by molar-refractivity contribution is -0.0652. The van der Waals surface area contributed by atoms with E-state index in [9.17, 15) is 20.0 Å². The van der Waals surface area contributed by atoms with Crippen molar-refractivity contribution >= 4 is 30.3 Å². The summed E-state index contributed by atoms with van der Waals surface area (Å²) in [6, 6.07) is 25.5. The Bertz CT molecular complexity index is 1370. The minimum Gasteiger partial charge on any atom is -0.333 e. The number of carbonyl (C=O) groups is 2. The van der Waals surface area contributed by atoms with Crippen LogP contribution in [0.3, 0.4) is 0 Å². The van der Waals surface area contributed by atoms with Gasteiger partial charge in [0.1, 0.15) is 11.4 Å². The molecule has 2 aromatic heterocycles.